The van der Waals surface area contributed by atoms with Gasteiger partial charge < -0.3 is 5.32 Å². The highest BCUT2D eigenvalue weighted by Gasteiger charge is 2.18. The second-order valence-electron chi connectivity index (χ2n) is 4.35. The Balaban J connectivity index is 2.10. The van der Waals surface area contributed by atoms with Crippen LogP contribution in [0.4, 0.5) is 0 Å². The van der Waals surface area contributed by atoms with Crippen molar-refractivity contribution < 1.29 is 8.42 Å². The summed E-state index contributed by atoms with van der Waals surface area (Å²) in [7, 11) is -1.69. The highest BCUT2D eigenvalue weighted by Crippen LogP contribution is 2.26. The zero-order valence-electron chi connectivity index (χ0n) is 11.5. The number of nitrogens with one attached hydrogen (secondary N) is 2. The molecule has 0 radical (unpaired) electrons. The summed E-state index contributed by atoms with van der Waals surface area (Å²) in [6.07, 6.45) is 0.736. The van der Waals surface area contributed by atoms with E-state index in [4.69, 9.17) is 0 Å². The third-order valence-electron chi connectivity index (χ3n) is 2.75. The van der Waals surface area contributed by atoms with Crippen molar-refractivity contribution in [3.8, 4) is 10.6 Å². The molecular formula is C13H16BrN3O2S2. The lowest BCUT2D eigenvalue weighted by molar-refractivity contribution is 0.574. The second kappa shape index (κ2) is 7.46. The quantitative estimate of drug-likeness (QED) is 0.713. The van der Waals surface area contributed by atoms with Gasteiger partial charge in [-0.1, -0.05) is 28.1 Å². The van der Waals surface area contributed by atoms with Crippen LogP contribution < -0.4 is 10.0 Å². The van der Waals surface area contributed by atoms with Gasteiger partial charge in [-0.2, -0.15) is 0 Å². The van der Waals surface area contributed by atoms with E-state index in [1.807, 2.05) is 31.3 Å². The van der Waals surface area contributed by atoms with Crippen molar-refractivity contribution in [2.75, 3.05) is 20.1 Å². The van der Waals surface area contributed by atoms with Gasteiger partial charge in [0.1, 0.15) is 5.01 Å². The van der Waals surface area contributed by atoms with E-state index in [1.165, 1.54) is 11.3 Å². The molecule has 0 unspecified atom stereocenters. The van der Waals surface area contributed by atoms with Crippen LogP contribution >= 0.6 is 27.3 Å². The van der Waals surface area contributed by atoms with E-state index in [1.54, 1.807) is 5.38 Å². The van der Waals surface area contributed by atoms with Crippen LogP contribution in [0.3, 0.4) is 0 Å². The summed E-state index contributed by atoms with van der Waals surface area (Å²) >= 11 is 4.69. The molecule has 8 heteroatoms. The van der Waals surface area contributed by atoms with Crippen molar-refractivity contribution in [1.29, 1.82) is 0 Å². The molecule has 0 fully saturated rings. The van der Waals surface area contributed by atoms with Crippen LogP contribution in [-0.4, -0.2) is 33.5 Å². The van der Waals surface area contributed by atoms with Gasteiger partial charge in [0.05, 0.1) is 0 Å². The number of nitrogens with zero attached hydrogens (tertiary/aromatic N) is 1. The van der Waals surface area contributed by atoms with Crippen molar-refractivity contribution in [3.63, 3.8) is 0 Å². The SMILES string of the molecule is CNCCCNS(=O)(=O)c1csc(-c2ccc(Br)cc2)n1. The zero-order valence-corrected chi connectivity index (χ0v) is 14.7. The van der Waals surface area contributed by atoms with Crippen molar-refractivity contribution in [2.24, 2.45) is 0 Å². The van der Waals surface area contributed by atoms with E-state index in [2.05, 4.69) is 31.0 Å². The number of halogens is 1. The van der Waals surface area contributed by atoms with Gasteiger partial charge in [0.15, 0.2) is 5.03 Å². The smallest absolute Gasteiger partial charge is 0.258 e. The van der Waals surface area contributed by atoms with Crippen LogP contribution in [0.5, 0.6) is 0 Å². The fourth-order valence-electron chi connectivity index (χ4n) is 1.65. The average molecular weight is 390 g/mol. The molecular weight excluding hydrogens is 374 g/mol. The van der Waals surface area contributed by atoms with Gasteiger partial charge in [-0.05, 0) is 32.1 Å². The first kappa shape index (κ1) is 16.6. The molecule has 1 aromatic carbocycles. The summed E-state index contributed by atoms with van der Waals surface area (Å²) in [6, 6.07) is 7.61. The molecule has 21 heavy (non-hydrogen) atoms. The van der Waals surface area contributed by atoms with Gasteiger partial charge in [-0.3, -0.25) is 0 Å². The predicted octanol–water partition coefficient (Wildman–Crippen LogP) is 2.46. The molecule has 0 aliphatic carbocycles. The molecule has 114 valence electrons. The highest BCUT2D eigenvalue weighted by atomic mass is 79.9. The molecule has 0 saturated carbocycles. The monoisotopic (exact) mass is 389 g/mol. The van der Waals surface area contributed by atoms with E-state index in [9.17, 15) is 8.42 Å². The number of hydrogen-bond acceptors (Lipinski definition) is 5. The fraction of sp³-hybridized carbons (Fsp3) is 0.308. The summed E-state index contributed by atoms with van der Waals surface area (Å²) in [5, 5.41) is 5.31. The molecule has 2 N–H and O–H groups in total. The number of rotatable bonds is 7. The molecule has 0 saturated heterocycles. The molecule has 2 aromatic rings. The van der Waals surface area contributed by atoms with Crippen molar-refractivity contribution in [3.05, 3.63) is 34.1 Å². The number of benzene rings is 1. The number of aromatic nitrogens is 1. The van der Waals surface area contributed by atoms with Crippen molar-refractivity contribution in [1.82, 2.24) is 15.0 Å². The fourth-order valence-corrected chi connectivity index (χ4v) is 4.09. The number of thiazole rings is 1. The molecule has 0 aliphatic rings. The van der Waals surface area contributed by atoms with Crippen LogP contribution in [0.1, 0.15) is 6.42 Å². The molecule has 1 aromatic heterocycles. The van der Waals surface area contributed by atoms with E-state index in [0.717, 1.165) is 23.0 Å². The summed E-state index contributed by atoms with van der Waals surface area (Å²) in [4.78, 5) is 4.22. The Hall–Kier alpha value is -0.800. The predicted molar refractivity (Wildman–Crippen MR) is 89.0 cm³/mol. The van der Waals surface area contributed by atoms with Crippen LogP contribution in [0.25, 0.3) is 10.6 Å². The normalized spacial score (nSPS) is 11.7. The maximum Gasteiger partial charge on any atom is 0.258 e. The summed E-state index contributed by atoms with van der Waals surface area (Å²) in [5.41, 5.74) is 0.903. The van der Waals surface area contributed by atoms with Gasteiger partial charge in [0.2, 0.25) is 0 Å². The third-order valence-corrected chi connectivity index (χ3v) is 5.66. The van der Waals surface area contributed by atoms with Gasteiger partial charge in [0, 0.05) is 22.0 Å². The maximum atomic E-state index is 12.1. The van der Waals surface area contributed by atoms with Crippen LogP contribution in [-0.2, 0) is 10.0 Å². The van der Waals surface area contributed by atoms with E-state index < -0.39 is 10.0 Å². The van der Waals surface area contributed by atoms with E-state index >= 15 is 0 Å². The molecule has 0 spiro atoms. The second-order valence-corrected chi connectivity index (χ2v) is 7.84. The Morgan fingerprint density at radius 2 is 1.95 bits per heavy atom. The molecule has 2 rings (SSSR count). The van der Waals surface area contributed by atoms with E-state index in [-0.39, 0.29) is 5.03 Å². The first-order valence-electron chi connectivity index (χ1n) is 6.38. The molecule has 1 heterocycles. The van der Waals surface area contributed by atoms with Crippen LogP contribution in [0.15, 0.2) is 39.1 Å². The summed E-state index contributed by atoms with van der Waals surface area (Å²) in [5.74, 6) is 0. The molecule has 0 atom stereocenters. The Kier molecular flexibility index (Phi) is 5.88. The zero-order chi connectivity index (χ0) is 15.3. The van der Waals surface area contributed by atoms with E-state index in [0.29, 0.717) is 11.6 Å². The Morgan fingerprint density at radius 1 is 1.24 bits per heavy atom. The minimum absolute atomic E-state index is 0.0786. The van der Waals surface area contributed by atoms with Crippen molar-refractivity contribution in [2.45, 2.75) is 11.4 Å². The minimum Gasteiger partial charge on any atom is -0.320 e. The Labute approximate surface area is 137 Å². The topological polar surface area (TPSA) is 71.1 Å². The van der Waals surface area contributed by atoms with Gasteiger partial charge in [0.25, 0.3) is 10.0 Å². The van der Waals surface area contributed by atoms with Crippen LogP contribution in [0.2, 0.25) is 0 Å². The minimum atomic E-state index is -3.52. The summed E-state index contributed by atoms with van der Waals surface area (Å²) in [6.45, 7) is 1.16. The first-order valence-corrected chi connectivity index (χ1v) is 9.54. The molecule has 5 nitrogen and oxygen atoms in total. The van der Waals surface area contributed by atoms with Gasteiger partial charge in [-0.25, -0.2) is 18.1 Å². The molecule has 0 aliphatic heterocycles. The largest absolute Gasteiger partial charge is 0.320 e. The number of hydrogen-bond donors (Lipinski definition) is 2. The standard InChI is InChI=1S/C13H16BrN3O2S2/c1-15-7-2-8-16-21(18,19)12-9-20-13(17-12)10-3-5-11(14)6-4-10/h3-6,9,15-16H,2,7-8H2,1H3. The highest BCUT2D eigenvalue weighted by molar-refractivity contribution is 9.10. The van der Waals surface area contributed by atoms with Crippen molar-refractivity contribution >= 4 is 37.3 Å². The first-order chi connectivity index (χ1) is 10.0. The van der Waals surface area contributed by atoms with Gasteiger partial charge >= 0.3 is 0 Å². The molecule has 0 bridgehead atoms. The molecule has 0 amide bonds. The maximum absolute atomic E-state index is 12.1. The Morgan fingerprint density at radius 3 is 2.62 bits per heavy atom. The lowest BCUT2D eigenvalue weighted by Gasteiger charge is -2.03. The van der Waals surface area contributed by atoms with Gasteiger partial charge in [-0.15, -0.1) is 11.3 Å². The Bertz CT molecular complexity index is 684. The average Bonchev–Trinajstić information content (AvgIpc) is 2.95. The lowest BCUT2D eigenvalue weighted by Crippen LogP contribution is -2.27. The van der Waals surface area contributed by atoms with Crippen LogP contribution in [0, 0.1) is 0 Å². The summed E-state index contributed by atoms with van der Waals surface area (Å²) < 4.78 is 27.7. The lowest BCUT2D eigenvalue weighted by atomic mass is 10.2. The number of sulfonamides is 1. The third kappa shape index (κ3) is 4.58.